The van der Waals surface area contributed by atoms with Crippen molar-refractivity contribution < 1.29 is 19.4 Å². The van der Waals surface area contributed by atoms with Crippen LogP contribution in [0.5, 0.6) is 0 Å². The molecular formula is C18H19ClN2O4. The van der Waals surface area contributed by atoms with Crippen LogP contribution in [0.2, 0.25) is 5.02 Å². The van der Waals surface area contributed by atoms with Crippen molar-refractivity contribution in [2.75, 3.05) is 5.32 Å². The van der Waals surface area contributed by atoms with Crippen LogP contribution in [0, 0.1) is 0 Å². The summed E-state index contributed by atoms with van der Waals surface area (Å²) in [6, 6.07) is 13.9. The lowest BCUT2D eigenvalue weighted by Gasteiger charge is -2.20. The van der Waals surface area contributed by atoms with E-state index in [0.29, 0.717) is 11.3 Å². The maximum absolute atomic E-state index is 12.6. The van der Waals surface area contributed by atoms with Crippen LogP contribution in [0.4, 0.5) is 10.5 Å². The third-order valence-electron chi connectivity index (χ3n) is 3.63. The first-order valence-corrected chi connectivity index (χ1v) is 8.04. The Morgan fingerprint density at radius 2 is 1.88 bits per heavy atom. The quantitative estimate of drug-likeness (QED) is 0.735. The number of carbonyl (C=O) groups is 2. The Morgan fingerprint density at radius 1 is 1.20 bits per heavy atom. The lowest BCUT2D eigenvalue weighted by atomic mass is 9.98. The van der Waals surface area contributed by atoms with E-state index >= 15 is 0 Å². The smallest absolute Gasteiger partial charge is 0.404 e. The number of nitrogens with one attached hydrogen (secondary N) is 1. The summed E-state index contributed by atoms with van der Waals surface area (Å²) in [5.74, 6) is -0.387. The molecule has 0 aliphatic carbocycles. The lowest BCUT2D eigenvalue weighted by Crippen LogP contribution is -2.33. The van der Waals surface area contributed by atoms with Gasteiger partial charge in [0.05, 0.1) is 16.7 Å². The highest BCUT2D eigenvalue weighted by molar-refractivity contribution is 6.34. The molecule has 0 radical (unpaired) electrons. The number of amides is 2. The standard InChI is InChI=1S/C18H19ClN2O4/c1-11(25-18(20)24)15(22)10-12-6-5-9-14(19)16(12)17(23)21-13-7-3-2-4-8-13/h2-9,11,15,22H,10H2,1H3,(H2,20,24)(H,21,23)/t11-,15-/m0/s1. The number of carbonyl (C=O) groups excluding carboxylic acids is 2. The number of rotatable bonds is 6. The molecule has 0 spiro atoms. The predicted molar refractivity (Wildman–Crippen MR) is 95.7 cm³/mol. The highest BCUT2D eigenvalue weighted by Crippen LogP contribution is 2.23. The molecule has 0 aromatic heterocycles. The average molecular weight is 363 g/mol. The van der Waals surface area contributed by atoms with Crippen molar-refractivity contribution >= 4 is 29.3 Å². The van der Waals surface area contributed by atoms with Gasteiger partial charge in [-0.1, -0.05) is 41.9 Å². The van der Waals surface area contributed by atoms with Gasteiger partial charge in [0.2, 0.25) is 0 Å². The molecule has 0 saturated carbocycles. The first-order chi connectivity index (χ1) is 11.9. The summed E-state index contributed by atoms with van der Waals surface area (Å²) < 4.78 is 4.77. The fraction of sp³-hybridized carbons (Fsp3) is 0.222. The van der Waals surface area contributed by atoms with E-state index in [-0.39, 0.29) is 22.9 Å². The summed E-state index contributed by atoms with van der Waals surface area (Å²) in [6.45, 7) is 1.52. The molecule has 0 saturated heterocycles. The molecule has 0 bridgehead atoms. The molecule has 2 aromatic carbocycles. The van der Waals surface area contributed by atoms with Crippen LogP contribution < -0.4 is 11.1 Å². The van der Waals surface area contributed by atoms with E-state index in [1.807, 2.05) is 6.07 Å². The second-order valence-electron chi connectivity index (χ2n) is 5.51. The van der Waals surface area contributed by atoms with Crippen molar-refractivity contribution in [2.45, 2.75) is 25.6 Å². The van der Waals surface area contributed by atoms with Gasteiger partial charge in [-0.25, -0.2) is 4.79 Å². The molecule has 0 heterocycles. The number of aliphatic hydroxyl groups is 1. The predicted octanol–water partition coefficient (Wildman–Crippen LogP) is 2.98. The minimum atomic E-state index is -1.03. The van der Waals surface area contributed by atoms with E-state index in [0.717, 1.165) is 0 Å². The van der Waals surface area contributed by atoms with Crippen LogP contribution in [-0.2, 0) is 11.2 Å². The van der Waals surface area contributed by atoms with Crippen molar-refractivity contribution in [3.05, 3.63) is 64.7 Å². The van der Waals surface area contributed by atoms with E-state index in [1.54, 1.807) is 42.5 Å². The van der Waals surface area contributed by atoms with Gasteiger partial charge in [0.1, 0.15) is 6.10 Å². The second-order valence-corrected chi connectivity index (χ2v) is 5.91. The normalized spacial score (nSPS) is 12.9. The van der Waals surface area contributed by atoms with Crippen LogP contribution in [0.1, 0.15) is 22.8 Å². The maximum atomic E-state index is 12.6. The Morgan fingerprint density at radius 3 is 2.52 bits per heavy atom. The number of primary amides is 1. The summed E-state index contributed by atoms with van der Waals surface area (Å²) >= 11 is 6.19. The van der Waals surface area contributed by atoms with Crippen molar-refractivity contribution in [1.82, 2.24) is 0 Å². The molecule has 2 atom stereocenters. The minimum absolute atomic E-state index is 0.0759. The number of benzene rings is 2. The molecule has 6 nitrogen and oxygen atoms in total. The van der Waals surface area contributed by atoms with Crippen LogP contribution in [0.25, 0.3) is 0 Å². The highest BCUT2D eigenvalue weighted by atomic mass is 35.5. The third-order valence-corrected chi connectivity index (χ3v) is 3.95. The highest BCUT2D eigenvalue weighted by Gasteiger charge is 2.22. The number of halogens is 1. The third kappa shape index (κ3) is 5.20. The number of para-hydroxylation sites is 1. The number of nitrogens with two attached hydrogens (primary N) is 1. The molecular weight excluding hydrogens is 344 g/mol. The Hall–Kier alpha value is -2.57. The first kappa shape index (κ1) is 18.8. The molecule has 0 unspecified atom stereocenters. The number of anilines is 1. The summed E-state index contributed by atoms with van der Waals surface area (Å²) in [7, 11) is 0. The summed E-state index contributed by atoms with van der Waals surface area (Å²) in [5.41, 5.74) is 6.38. The monoisotopic (exact) mass is 362 g/mol. The average Bonchev–Trinajstić information content (AvgIpc) is 2.55. The van der Waals surface area contributed by atoms with Gasteiger partial charge in [-0.05, 0) is 30.7 Å². The van der Waals surface area contributed by atoms with Crippen LogP contribution in [0.3, 0.4) is 0 Å². The van der Waals surface area contributed by atoms with Gasteiger partial charge >= 0.3 is 6.09 Å². The number of ether oxygens (including phenoxy) is 1. The van der Waals surface area contributed by atoms with Crippen molar-refractivity contribution in [1.29, 1.82) is 0 Å². The molecule has 0 fully saturated rings. The van der Waals surface area contributed by atoms with Gasteiger partial charge in [0.15, 0.2) is 0 Å². The van der Waals surface area contributed by atoms with Gasteiger partial charge in [0, 0.05) is 12.1 Å². The molecule has 2 aromatic rings. The minimum Gasteiger partial charge on any atom is -0.444 e. The molecule has 2 rings (SSSR count). The van der Waals surface area contributed by atoms with E-state index in [9.17, 15) is 14.7 Å². The zero-order chi connectivity index (χ0) is 18.4. The molecule has 25 heavy (non-hydrogen) atoms. The van der Waals surface area contributed by atoms with Crippen LogP contribution in [0.15, 0.2) is 48.5 Å². The van der Waals surface area contributed by atoms with Gasteiger partial charge in [0.25, 0.3) is 5.91 Å². The van der Waals surface area contributed by atoms with E-state index in [4.69, 9.17) is 22.1 Å². The van der Waals surface area contributed by atoms with Crippen molar-refractivity contribution in [2.24, 2.45) is 5.73 Å². The molecule has 132 valence electrons. The van der Waals surface area contributed by atoms with E-state index < -0.39 is 18.3 Å². The SMILES string of the molecule is C[C@H](OC(N)=O)[C@@H](O)Cc1cccc(Cl)c1C(=O)Nc1ccccc1. The fourth-order valence-electron chi connectivity index (χ4n) is 2.36. The zero-order valence-electron chi connectivity index (χ0n) is 13.6. The lowest BCUT2D eigenvalue weighted by molar-refractivity contribution is 0.0171. The Labute approximate surface area is 150 Å². The van der Waals surface area contributed by atoms with Gasteiger partial charge < -0.3 is 20.9 Å². The summed E-state index contributed by atoms with van der Waals surface area (Å²) in [4.78, 5) is 23.4. The van der Waals surface area contributed by atoms with E-state index in [1.165, 1.54) is 6.92 Å². The van der Waals surface area contributed by atoms with Crippen LogP contribution >= 0.6 is 11.6 Å². The van der Waals surface area contributed by atoms with Gasteiger partial charge in [-0.2, -0.15) is 0 Å². The zero-order valence-corrected chi connectivity index (χ0v) is 14.4. The van der Waals surface area contributed by atoms with Gasteiger partial charge in [-0.15, -0.1) is 0 Å². The molecule has 0 aliphatic rings. The number of aliphatic hydroxyl groups excluding tert-OH is 1. The Balaban J connectivity index is 2.21. The van der Waals surface area contributed by atoms with Crippen LogP contribution in [-0.4, -0.2) is 29.3 Å². The van der Waals surface area contributed by atoms with Gasteiger partial charge in [-0.3, -0.25) is 4.79 Å². The van der Waals surface area contributed by atoms with E-state index in [2.05, 4.69) is 5.32 Å². The Bertz CT molecular complexity index is 752. The molecule has 0 aliphatic heterocycles. The Kier molecular flexibility index (Phi) is 6.38. The van der Waals surface area contributed by atoms with Crippen molar-refractivity contribution in [3.63, 3.8) is 0 Å². The number of hydrogen-bond donors (Lipinski definition) is 3. The number of hydrogen-bond acceptors (Lipinski definition) is 4. The van der Waals surface area contributed by atoms with Crippen molar-refractivity contribution in [3.8, 4) is 0 Å². The topological polar surface area (TPSA) is 102 Å². The molecule has 7 heteroatoms. The second kappa shape index (κ2) is 8.50. The fourth-order valence-corrected chi connectivity index (χ4v) is 2.64. The summed E-state index contributed by atoms with van der Waals surface area (Å²) in [5, 5.41) is 13.2. The molecule has 4 N–H and O–H groups in total. The summed E-state index contributed by atoms with van der Waals surface area (Å²) in [6.07, 6.45) is -2.75. The maximum Gasteiger partial charge on any atom is 0.404 e. The first-order valence-electron chi connectivity index (χ1n) is 7.66. The largest absolute Gasteiger partial charge is 0.444 e. The molecule has 2 amide bonds.